The van der Waals surface area contributed by atoms with Gasteiger partial charge >= 0.3 is 0 Å². The van der Waals surface area contributed by atoms with Crippen LogP contribution < -0.4 is 11.1 Å². The highest BCUT2D eigenvalue weighted by molar-refractivity contribution is 6.05. The van der Waals surface area contributed by atoms with E-state index in [9.17, 15) is 14.4 Å². The average molecular weight is 180 g/mol. The molecule has 0 bridgehead atoms. The molecule has 0 aliphatic rings. The zero-order chi connectivity index (χ0) is 10.3. The van der Waals surface area contributed by atoms with Gasteiger partial charge in [0.25, 0.3) is 5.91 Å². The van der Waals surface area contributed by atoms with Crippen LogP contribution in [-0.2, 0) is 14.4 Å². The first-order valence-corrected chi connectivity index (χ1v) is 3.31. The van der Waals surface area contributed by atoms with Crippen LogP contribution in [-0.4, -0.2) is 17.8 Å². The van der Waals surface area contributed by atoms with Gasteiger partial charge in [-0.2, -0.15) is 0 Å². The Bertz CT molecular complexity index is 331. The summed E-state index contributed by atoms with van der Waals surface area (Å²) in [6.07, 6.45) is 1.99. The number of carbonyl (C=O) groups is 2. The topological polar surface area (TPSA) is 89.3 Å². The number of rotatable bonds is 2. The van der Waals surface area contributed by atoms with Gasteiger partial charge < -0.3 is 5.73 Å². The van der Waals surface area contributed by atoms with Crippen molar-refractivity contribution in [2.75, 3.05) is 0 Å². The molecule has 2 amide bonds. The molecule has 0 aliphatic carbocycles. The summed E-state index contributed by atoms with van der Waals surface area (Å²) < 4.78 is 0. The normalized spacial score (nSPS) is 9.46. The van der Waals surface area contributed by atoms with Gasteiger partial charge in [0.05, 0.1) is 5.57 Å². The van der Waals surface area contributed by atoms with Crippen molar-refractivity contribution in [3.05, 3.63) is 23.6 Å². The summed E-state index contributed by atoms with van der Waals surface area (Å²) in [6, 6.07) is 0. The minimum Gasteiger partial charge on any atom is -0.404 e. The predicted octanol–water partition coefficient (Wildman–Crippen LogP) is -0.965. The van der Waals surface area contributed by atoms with Crippen LogP contribution in [0.2, 0.25) is 0 Å². The van der Waals surface area contributed by atoms with Gasteiger partial charge in [0.2, 0.25) is 5.91 Å². The molecule has 5 heteroatoms. The minimum absolute atomic E-state index is 0.0291. The molecule has 0 heterocycles. The Kier molecular flexibility index (Phi) is 4.65. The molecule has 0 aliphatic heterocycles. The van der Waals surface area contributed by atoms with E-state index >= 15 is 0 Å². The molecule has 68 valence electrons. The maximum atomic E-state index is 11.0. The first kappa shape index (κ1) is 10.9. The van der Waals surface area contributed by atoms with Crippen molar-refractivity contribution in [2.45, 2.75) is 6.92 Å². The SMILES string of the molecule is CC(=O)NC(=O)/C(C=C=C=O)=C\N. The van der Waals surface area contributed by atoms with E-state index in [1.807, 2.05) is 11.0 Å². The fraction of sp³-hybridized carbons (Fsp3) is 0.125. The van der Waals surface area contributed by atoms with E-state index in [1.165, 1.54) is 12.9 Å². The molecule has 0 radical (unpaired) electrons. The lowest BCUT2D eigenvalue weighted by Gasteiger charge is -1.98. The van der Waals surface area contributed by atoms with Gasteiger partial charge in [-0.05, 0) is 5.73 Å². The highest BCUT2D eigenvalue weighted by Gasteiger charge is 2.06. The maximum absolute atomic E-state index is 11.0. The van der Waals surface area contributed by atoms with E-state index in [1.54, 1.807) is 0 Å². The molecule has 0 aromatic rings. The number of amides is 2. The lowest BCUT2D eigenvalue weighted by Crippen LogP contribution is -2.29. The molecule has 0 saturated heterocycles. The fourth-order valence-corrected chi connectivity index (χ4v) is 0.529. The number of hydrogen-bond donors (Lipinski definition) is 2. The van der Waals surface area contributed by atoms with Crippen LogP contribution in [0.15, 0.2) is 23.6 Å². The first-order chi connectivity index (χ1) is 6.11. The summed E-state index contributed by atoms with van der Waals surface area (Å²) in [5, 5.41) is 1.98. The van der Waals surface area contributed by atoms with Crippen LogP contribution in [0.3, 0.4) is 0 Å². The fourth-order valence-electron chi connectivity index (χ4n) is 0.529. The van der Waals surface area contributed by atoms with E-state index in [4.69, 9.17) is 5.73 Å². The summed E-state index contributed by atoms with van der Waals surface area (Å²) in [5.41, 5.74) is 7.03. The minimum atomic E-state index is -0.683. The van der Waals surface area contributed by atoms with Crippen molar-refractivity contribution < 1.29 is 14.4 Å². The summed E-state index contributed by atoms with van der Waals surface area (Å²) in [6.45, 7) is 1.19. The zero-order valence-corrected chi connectivity index (χ0v) is 6.96. The van der Waals surface area contributed by atoms with E-state index < -0.39 is 11.8 Å². The van der Waals surface area contributed by atoms with Crippen LogP contribution in [0.25, 0.3) is 0 Å². The Morgan fingerprint density at radius 1 is 1.46 bits per heavy atom. The molecule has 0 rings (SSSR count). The molecule has 0 fully saturated rings. The van der Waals surface area contributed by atoms with Crippen LogP contribution in [0.4, 0.5) is 0 Å². The van der Waals surface area contributed by atoms with E-state index in [0.29, 0.717) is 0 Å². The number of nitrogens with two attached hydrogens (primary N) is 1. The van der Waals surface area contributed by atoms with Gasteiger partial charge in [0.1, 0.15) is 0 Å². The second-order valence-electron chi connectivity index (χ2n) is 2.02. The van der Waals surface area contributed by atoms with Crippen molar-refractivity contribution in [1.82, 2.24) is 5.32 Å². The Morgan fingerprint density at radius 2 is 2.08 bits per heavy atom. The van der Waals surface area contributed by atoms with Gasteiger partial charge in [0, 0.05) is 19.2 Å². The predicted molar refractivity (Wildman–Crippen MR) is 44.9 cm³/mol. The van der Waals surface area contributed by atoms with Gasteiger partial charge in [-0.15, -0.1) is 0 Å². The van der Waals surface area contributed by atoms with Crippen molar-refractivity contribution in [3.8, 4) is 0 Å². The Labute approximate surface area is 74.6 Å². The largest absolute Gasteiger partial charge is 0.404 e. The smallest absolute Gasteiger partial charge is 0.259 e. The summed E-state index contributed by atoms with van der Waals surface area (Å²) in [4.78, 5) is 31.2. The highest BCUT2D eigenvalue weighted by atomic mass is 16.2. The Balaban J connectivity index is 4.62. The van der Waals surface area contributed by atoms with E-state index in [0.717, 1.165) is 12.3 Å². The van der Waals surface area contributed by atoms with Crippen molar-refractivity contribution in [1.29, 1.82) is 0 Å². The van der Waals surface area contributed by atoms with E-state index in [-0.39, 0.29) is 5.57 Å². The third-order valence-electron chi connectivity index (χ3n) is 1.02. The number of imide groups is 1. The lowest BCUT2D eigenvalue weighted by atomic mass is 10.2. The third kappa shape index (κ3) is 4.37. The van der Waals surface area contributed by atoms with Crippen LogP contribution in [0.1, 0.15) is 6.92 Å². The van der Waals surface area contributed by atoms with Gasteiger partial charge in [-0.25, -0.2) is 4.79 Å². The zero-order valence-electron chi connectivity index (χ0n) is 6.96. The quantitative estimate of drug-likeness (QED) is 0.248. The first-order valence-electron chi connectivity index (χ1n) is 3.31. The second kappa shape index (κ2) is 5.55. The average Bonchev–Trinajstić information content (AvgIpc) is 2.04. The van der Waals surface area contributed by atoms with Gasteiger partial charge in [0.15, 0.2) is 5.94 Å². The van der Waals surface area contributed by atoms with E-state index in [2.05, 4.69) is 0 Å². The molecule has 0 aromatic carbocycles. The molecule has 0 saturated carbocycles. The van der Waals surface area contributed by atoms with Crippen molar-refractivity contribution >= 4 is 17.8 Å². The van der Waals surface area contributed by atoms with Crippen molar-refractivity contribution in [3.63, 3.8) is 0 Å². The molecule has 3 N–H and O–H groups in total. The molecule has 0 aromatic heterocycles. The molecular weight excluding hydrogens is 172 g/mol. The number of carbonyl (C=O) groups excluding carboxylic acids is 3. The van der Waals surface area contributed by atoms with Gasteiger partial charge in [-0.1, -0.05) is 0 Å². The number of nitrogens with one attached hydrogen (secondary N) is 1. The molecule has 5 nitrogen and oxygen atoms in total. The summed E-state index contributed by atoms with van der Waals surface area (Å²) in [5.74, 6) is 0.135. The maximum Gasteiger partial charge on any atom is 0.259 e. The Hall–Kier alpha value is -2.09. The lowest BCUT2D eigenvalue weighted by molar-refractivity contribution is -0.126. The molecular formula is C8H8N2O3. The monoisotopic (exact) mass is 180 g/mol. The molecule has 13 heavy (non-hydrogen) atoms. The molecule has 0 atom stereocenters. The van der Waals surface area contributed by atoms with Crippen LogP contribution in [0.5, 0.6) is 0 Å². The third-order valence-corrected chi connectivity index (χ3v) is 1.02. The van der Waals surface area contributed by atoms with Crippen LogP contribution >= 0.6 is 0 Å². The standard InChI is InChI=1S/C8H8N2O3/c1-6(12)10-8(13)7(5-9)3-2-4-11/h3,5H,9H2,1H3,(H,10,12,13)/b7-5-. The van der Waals surface area contributed by atoms with Crippen molar-refractivity contribution in [2.24, 2.45) is 5.73 Å². The van der Waals surface area contributed by atoms with Gasteiger partial charge in [-0.3, -0.25) is 14.9 Å². The number of hydrogen-bond acceptors (Lipinski definition) is 4. The van der Waals surface area contributed by atoms with Crippen LogP contribution in [0, 0.1) is 0 Å². The molecule has 0 spiro atoms. The Morgan fingerprint density at radius 3 is 2.46 bits per heavy atom. The summed E-state index contributed by atoms with van der Waals surface area (Å²) >= 11 is 0. The second-order valence-corrected chi connectivity index (χ2v) is 2.02. The highest BCUT2D eigenvalue weighted by Crippen LogP contribution is 1.92. The molecule has 0 unspecified atom stereocenters. The summed E-state index contributed by atoms with van der Waals surface area (Å²) in [7, 11) is 0.